The number of rotatable bonds is 5. The highest BCUT2D eigenvalue weighted by molar-refractivity contribution is 5.76. The number of amides is 1. The van der Waals surface area contributed by atoms with E-state index in [1.165, 1.54) is 17.5 Å². The molecule has 1 heterocycles. The molecule has 2 aliphatic carbocycles. The maximum atomic E-state index is 13.1. The van der Waals surface area contributed by atoms with Crippen molar-refractivity contribution in [1.82, 2.24) is 15.1 Å². The van der Waals surface area contributed by atoms with Crippen molar-refractivity contribution in [3.63, 3.8) is 0 Å². The third kappa shape index (κ3) is 3.92. The SMILES string of the molecule is O=C(CC1CCCC1)NCCn1nc(C(F)(F)F)c2c1CCCC2. The molecule has 0 spiro atoms. The molecule has 0 atom stereocenters. The van der Waals surface area contributed by atoms with Gasteiger partial charge in [0.15, 0.2) is 5.69 Å². The quantitative estimate of drug-likeness (QED) is 0.890. The van der Waals surface area contributed by atoms with Crippen molar-refractivity contribution in [3.05, 3.63) is 17.0 Å². The Morgan fingerprint density at radius 3 is 2.58 bits per heavy atom. The first kappa shape index (κ1) is 17.3. The van der Waals surface area contributed by atoms with Crippen LogP contribution in [-0.4, -0.2) is 22.2 Å². The van der Waals surface area contributed by atoms with Crippen molar-refractivity contribution in [2.24, 2.45) is 5.92 Å². The number of fused-ring (bicyclic) bond motifs is 1. The Kier molecular flexibility index (Phi) is 5.15. The van der Waals surface area contributed by atoms with Gasteiger partial charge in [-0.2, -0.15) is 18.3 Å². The molecule has 0 unspecified atom stereocenters. The van der Waals surface area contributed by atoms with Gasteiger partial charge in [0.25, 0.3) is 0 Å². The zero-order valence-electron chi connectivity index (χ0n) is 13.8. The molecule has 3 rings (SSSR count). The van der Waals surface area contributed by atoms with Crippen molar-refractivity contribution >= 4 is 5.91 Å². The zero-order chi connectivity index (χ0) is 17.2. The molecule has 1 saturated carbocycles. The highest BCUT2D eigenvalue weighted by atomic mass is 19.4. The molecule has 134 valence electrons. The molecule has 0 aliphatic heterocycles. The Labute approximate surface area is 139 Å². The standard InChI is InChI=1S/C17H24F3N3O/c18-17(19,20)16-13-7-3-4-8-14(13)23(22-16)10-9-21-15(24)11-12-5-1-2-6-12/h12H,1-11H2,(H,21,24). The molecular formula is C17H24F3N3O. The fraction of sp³-hybridized carbons (Fsp3) is 0.765. The smallest absolute Gasteiger partial charge is 0.354 e. The van der Waals surface area contributed by atoms with Crippen molar-refractivity contribution in [2.75, 3.05) is 6.54 Å². The van der Waals surface area contributed by atoms with Crippen LogP contribution in [0.5, 0.6) is 0 Å². The average molecular weight is 343 g/mol. The summed E-state index contributed by atoms with van der Waals surface area (Å²) in [4.78, 5) is 11.9. The Hall–Kier alpha value is -1.53. The first-order valence-electron chi connectivity index (χ1n) is 8.87. The summed E-state index contributed by atoms with van der Waals surface area (Å²) < 4.78 is 40.8. The first-order valence-corrected chi connectivity index (χ1v) is 8.87. The summed E-state index contributed by atoms with van der Waals surface area (Å²) in [7, 11) is 0. The van der Waals surface area contributed by atoms with Crippen molar-refractivity contribution in [2.45, 2.75) is 70.5 Å². The summed E-state index contributed by atoms with van der Waals surface area (Å²) in [5, 5.41) is 6.64. The molecule has 0 saturated heterocycles. The number of carbonyl (C=O) groups is 1. The van der Waals surface area contributed by atoms with E-state index in [9.17, 15) is 18.0 Å². The van der Waals surface area contributed by atoms with Gasteiger partial charge in [-0.05, 0) is 44.4 Å². The van der Waals surface area contributed by atoms with Crippen molar-refractivity contribution in [3.8, 4) is 0 Å². The van der Waals surface area contributed by atoms with Crippen molar-refractivity contribution < 1.29 is 18.0 Å². The van der Waals surface area contributed by atoms with Gasteiger partial charge >= 0.3 is 6.18 Å². The van der Waals surface area contributed by atoms with Crippen LogP contribution in [0.4, 0.5) is 13.2 Å². The zero-order valence-corrected chi connectivity index (χ0v) is 13.8. The van der Waals surface area contributed by atoms with Gasteiger partial charge in [0, 0.05) is 24.2 Å². The van der Waals surface area contributed by atoms with Gasteiger partial charge in [-0.25, -0.2) is 0 Å². The van der Waals surface area contributed by atoms with Crippen LogP contribution in [0, 0.1) is 5.92 Å². The molecule has 2 aliphatic rings. The molecule has 1 N–H and O–H groups in total. The molecule has 1 aromatic heterocycles. The van der Waals surface area contributed by atoms with E-state index in [4.69, 9.17) is 0 Å². The number of aromatic nitrogens is 2. The molecule has 1 amide bonds. The summed E-state index contributed by atoms with van der Waals surface area (Å²) >= 11 is 0. The van der Waals surface area contributed by atoms with Gasteiger partial charge in [-0.1, -0.05) is 12.8 Å². The third-order valence-electron chi connectivity index (χ3n) is 5.12. The summed E-state index contributed by atoms with van der Waals surface area (Å²) in [5.41, 5.74) is 0.305. The van der Waals surface area contributed by atoms with Crippen LogP contribution < -0.4 is 5.32 Å². The van der Waals surface area contributed by atoms with E-state index in [1.807, 2.05) is 0 Å². The van der Waals surface area contributed by atoms with Gasteiger partial charge in [0.1, 0.15) is 0 Å². The van der Waals surface area contributed by atoms with Gasteiger partial charge in [0.05, 0.1) is 6.54 Å². The Morgan fingerprint density at radius 1 is 1.17 bits per heavy atom. The topological polar surface area (TPSA) is 46.9 Å². The second-order valence-electron chi connectivity index (χ2n) is 6.91. The highest BCUT2D eigenvalue weighted by Gasteiger charge is 2.39. The molecule has 24 heavy (non-hydrogen) atoms. The second kappa shape index (κ2) is 7.15. The number of halogens is 3. The Balaban J connectivity index is 1.58. The molecule has 0 aromatic carbocycles. The lowest BCUT2D eigenvalue weighted by molar-refractivity contribution is -0.142. The van der Waals surface area contributed by atoms with Gasteiger partial charge < -0.3 is 5.32 Å². The van der Waals surface area contributed by atoms with Crippen LogP contribution in [0.15, 0.2) is 0 Å². The predicted molar refractivity (Wildman–Crippen MR) is 83.5 cm³/mol. The Bertz CT molecular complexity index is 589. The summed E-state index contributed by atoms with van der Waals surface area (Å²) in [6.45, 7) is 0.631. The van der Waals surface area contributed by atoms with Crippen LogP contribution in [0.3, 0.4) is 0 Å². The van der Waals surface area contributed by atoms with E-state index in [-0.39, 0.29) is 5.91 Å². The van der Waals surface area contributed by atoms with Gasteiger partial charge in [0.2, 0.25) is 5.91 Å². The van der Waals surface area contributed by atoms with Crippen LogP contribution in [0.25, 0.3) is 0 Å². The van der Waals surface area contributed by atoms with E-state index >= 15 is 0 Å². The monoisotopic (exact) mass is 343 g/mol. The summed E-state index contributed by atoms with van der Waals surface area (Å²) in [6, 6.07) is 0. The fourth-order valence-electron chi connectivity index (χ4n) is 3.93. The average Bonchev–Trinajstić information content (AvgIpc) is 3.15. The van der Waals surface area contributed by atoms with E-state index < -0.39 is 11.9 Å². The maximum absolute atomic E-state index is 13.1. The van der Waals surface area contributed by atoms with Gasteiger partial charge in [-0.3, -0.25) is 9.48 Å². The second-order valence-corrected chi connectivity index (χ2v) is 6.91. The number of nitrogens with zero attached hydrogens (tertiary/aromatic N) is 2. The molecule has 1 aromatic rings. The molecule has 4 nitrogen and oxygen atoms in total. The molecule has 0 bridgehead atoms. The molecule has 1 fully saturated rings. The molecule has 0 radical (unpaired) electrons. The third-order valence-corrected chi connectivity index (χ3v) is 5.12. The molecule has 7 heteroatoms. The number of carbonyl (C=O) groups excluding carboxylic acids is 1. The van der Waals surface area contributed by atoms with Crippen molar-refractivity contribution in [1.29, 1.82) is 0 Å². The van der Waals surface area contributed by atoms with E-state index in [0.717, 1.165) is 25.7 Å². The largest absolute Gasteiger partial charge is 0.435 e. The van der Waals surface area contributed by atoms with Crippen LogP contribution in [0.1, 0.15) is 61.9 Å². The minimum absolute atomic E-state index is 0.000955. The fourth-order valence-corrected chi connectivity index (χ4v) is 3.93. The summed E-state index contributed by atoms with van der Waals surface area (Å²) in [5.74, 6) is 0.471. The normalized spacial score (nSPS) is 18.6. The van der Waals surface area contributed by atoms with Crippen LogP contribution in [-0.2, 0) is 30.4 Å². The predicted octanol–water partition coefficient (Wildman–Crippen LogP) is 3.48. The van der Waals surface area contributed by atoms with Gasteiger partial charge in [-0.15, -0.1) is 0 Å². The lowest BCUT2D eigenvalue weighted by atomic mass is 9.95. The van der Waals surface area contributed by atoms with Crippen LogP contribution in [0.2, 0.25) is 0 Å². The van der Waals surface area contributed by atoms with E-state index in [2.05, 4.69) is 10.4 Å². The number of hydrogen-bond donors (Lipinski definition) is 1. The number of nitrogens with one attached hydrogen (secondary N) is 1. The van der Waals surface area contributed by atoms with E-state index in [1.54, 1.807) is 0 Å². The minimum atomic E-state index is -4.40. The molecular weight excluding hydrogens is 319 g/mol. The highest BCUT2D eigenvalue weighted by Crippen LogP contribution is 2.35. The maximum Gasteiger partial charge on any atom is 0.435 e. The lowest BCUT2D eigenvalue weighted by Crippen LogP contribution is -2.29. The van der Waals surface area contributed by atoms with Crippen LogP contribution >= 0.6 is 0 Å². The summed E-state index contributed by atoms with van der Waals surface area (Å²) in [6.07, 6.45) is 3.47. The van der Waals surface area contributed by atoms with E-state index in [0.29, 0.717) is 49.5 Å². The first-order chi connectivity index (χ1) is 11.4. The Morgan fingerprint density at radius 2 is 1.88 bits per heavy atom. The minimum Gasteiger partial charge on any atom is -0.354 e. The number of alkyl halides is 3. The lowest BCUT2D eigenvalue weighted by Gasteiger charge is -2.15. The number of hydrogen-bond acceptors (Lipinski definition) is 2.